The maximum atomic E-state index is 5.20. The lowest BCUT2D eigenvalue weighted by atomic mass is 9.99. The molecule has 0 saturated heterocycles. The summed E-state index contributed by atoms with van der Waals surface area (Å²) in [6.45, 7) is 7.60. The average molecular weight is 931 g/mol. The number of hydrogen-bond acceptors (Lipinski definition) is 10. The van der Waals surface area contributed by atoms with Crippen LogP contribution in [0.5, 0.6) is 0 Å². The van der Waals surface area contributed by atoms with Crippen LogP contribution in [0.15, 0.2) is 182 Å². The highest BCUT2D eigenvalue weighted by molar-refractivity contribution is 6.12. The summed E-state index contributed by atoms with van der Waals surface area (Å²) < 4.78 is 4.69. The maximum absolute atomic E-state index is 5.20. The van der Waals surface area contributed by atoms with Gasteiger partial charge in [0.2, 0.25) is 0 Å². The largest absolute Gasteiger partial charge is 0.309 e. The number of hydrogen-bond donors (Lipinski definition) is 0. The number of aromatic nitrogens is 12. The number of aryl methyl sites for hydroxylation is 4. The van der Waals surface area contributed by atoms with Crippen molar-refractivity contribution < 1.29 is 0 Å². The van der Waals surface area contributed by atoms with Crippen LogP contribution in [-0.4, -0.2) is 59.0 Å². The Balaban J connectivity index is 1.08. The summed E-state index contributed by atoms with van der Waals surface area (Å²) in [6.07, 6.45) is 3.84. The van der Waals surface area contributed by atoms with Gasteiger partial charge in [0, 0.05) is 72.9 Å². The fraction of sp³-hybridized carbons (Fsp3) is 0.0667. The van der Waals surface area contributed by atoms with E-state index >= 15 is 0 Å². The molecule has 12 heteroatoms. The number of benzene rings is 7. The second-order valence-electron chi connectivity index (χ2n) is 17.8. The maximum Gasteiger partial charge on any atom is 0.164 e. The average Bonchev–Trinajstić information content (AvgIpc) is 3.92. The number of pyridine rings is 1. The molecule has 6 heterocycles. The zero-order chi connectivity index (χ0) is 48.5. The minimum absolute atomic E-state index is 0.545. The van der Waals surface area contributed by atoms with Crippen molar-refractivity contribution in [2.75, 3.05) is 0 Å². The molecule has 0 bridgehead atoms. The van der Waals surface area contributed by atoms with Gasteiger partial charge in [-0.2, -0.15) is 0 Å². The second kappa shape index (κ2) is 17.1. The molecule has 0 atom stereocenters. The Labute approximate surface area is 413 Å². The first kappa shape index (κ1) is 42.4. The van der Waals surface area contributed by atoms with Crippen LogP contribution >= 0.6 is 0 Å². The van der Waals surface area contributed by atoms with Crippen LogP contribution in [0.1, 0.15) is 23.3 Å². The summed E-state index contributed by atoms with van der Waals surface area (Å²) >= 11 is 0. The predicted octanol–water partition coefficient (Wildman–Crippen LogP) is 13.1. The van der Waals surface area contributed by atoms with E-state index < -0.39 is 0 Å². The second-order valence-corrected chi connectivity index (χ2v) is 17.8. The van der Waals surface area contributed by atoms with E-state index in [-0.39, 0.29) is 0 Å². The number of fused-ring (bicyclic) bond motifs is 6. The molecule has 0 aliphatic heterocycles. The number of nitrogens with zero attached hydrogens (tertiary/aromatic N) is 12. The third-order valence-electron chi connectivity index (χ3n) is 13.1. The summed E-state index contributed by atoms with van der Waals surface area (Å²) in [6, 6.07) is 58.7. The number of rotatable bonds is 8. The van der Waals surface area contributed by atoms with E-state index in [4.69, 9.17) is 39.9 Å². The van der Waals surface area contributed by atoms with Gasteiger partial charge in [-0.3, -0.25) is 4.98 Å². The molecule has 342 valence electrons. The van der Waals surface area contributed by atoms with Gasteiger partial charge in [0.15, 0.2) is 29.1 Å². The molecule has 13 rings (SSSR count). The molecule has 72 heavy (non-hydrogen) atoms. The van der Waals surface area contributed by atoms with Crippen LogP contribution in [0.2, 0.25) is 0 Å². The topological polar surface area (TPSA) is 139 Å². The third-order valence-corrected chi connectivity index (χ3v) is 13.1. The molecule has 0 unspecified atom stereocenters. The molecule has 0 spiro atoms. The lowest BCUT2D eigenvalue weighted by Gasteiger charge is -2.19. The highest BCUT2D eigenvalue weighted by atomic mass is 15.1. The van der Waals surface area contributed by atoms with Gasteiger partial charge >= 0.3 is 0 Å². The van der Waals surface area contributed by atoms with Crippen LogP contribution in [0.3, 0.4) is 0 Å². The molecule has 6 aromatic heterocycles. The lowest BCUT2D eigenvalue weighted by molar-refractivity contribution is 0.928. The Bertz CT molecular complexity index is 4180. The fourth-order valence-corrected chi connectivity index (χ4v) is 10.0. The number of para-hydroxylation sites is 2. The molecule has 13 aromatic rings. The van der Waals surface area contributed by atoms with E-state index in [0.29, 0.717) is 52.4 Å². The van der Waals surface area contributed by atoms with E-state index in [1.165, 1.54) is 0 Å². The van der Waals surface area contributed by atoms with Gasteiger partial charge < -0.3 is 9.13 Å². The van der Waals surface area contributed by atoms with Crippen molar-refractivity contribution in [2.24, 2.45) is 0 Å². The smallest absolute Gasteiger partial charge is 0.164 e. The first-order valence-electron chi connectivity index (χ1n) is 23.7. The van der Waals surface area contributed by atoms with Gasteiger partial charge in [0.1, 0.15) is 23.3 Å². The van der Waals surface area contributed by atoms with E-state index in [1.807, 2.05) is 101 Å². The van der Waals surface area contributed by atoms with E-state index in [0.717, 1.165) is 93.9 Å². The van der Waals surface area contributed by atoms with Crippen molar-refractivity contribution in [1.29, 1.82) is 0 Å². The van der Waals surface area contributed by atoms with Crippen LogP contribution in [0, 0.1) is 27.7 Å². The molecule has 12 nitrogen and oxygen atoms in total. The van der Waals surface area contributed by atoms with Gasteiger partial charge in [0.25, 0.3) is 0 Å². The summed E-state index contributed by atoms with van der Waals surface area (Å²) in [5, 5.41) is 4.34. The summed E-state index contributed by atoms with van der Waals surface area (Å²) in [5.74, 6) is 5.72. The summed E-state index contributed by atoms with van der Waals surface area (Å²) in [7, 11) is 0. The normalized spacial score (nSPS) is 11.6. The van der Waals surface area contributed by atoms with Crippen LogP contribution < -0.4 is 0 Å². The Morgan fingerprint density at radius 3 is 1.18 bits per heavy atom. The molecule has 0 aliphatic rings. The van der Waals surface area contributed by atoms with Crippen LogP contribution in [-0.2, 0) is 0 Å². The highest BCUT2D eigenvalue weighted by Gasteiger charge is 2.23. The Morgan fingerprint density at radius 2 is 0.681 bits per heavy atom. The van der Waals surface area contributed by atoms with Crippen molar-refractivity contribution in [3.8, 4) is 79.4 Å². The minimum atomic E-state index is 0.545. The first-order valence-corrected chi connectivity index (χ1v) is 23.7. The molecule has 0 fully saturated rings. The van der Waals surface area contributed by atoms with E-state index in [1.54, 1.807) is 0 Å². The van der Waals surface area contributed by atoms with E-state index in [2.05, 4.69) is 128 Å². The monoisotopic (exact) mass is 930 g/mol. The van der Waals surface area contributed by atoms with Crippen LogP contribution in [0.4, 0.5) is 0 Å². The molecule has 0 saturated carbocycles. The van der Waals surface area contributed by atoms with Crippen molar-refractivity contribution in [3.63, 3.8) is 0 Å². The summed E-state index contributed by atoms with van der Waals surface area (Å²) in [5.41, 5.74) is 12.3. The molecule has 0 aliphatic carbocycles. The van der Waals surface area contributed by atoms with Crippen molar-refractivity contribution in [2.45, 2.75) is 27.7 Å². The Hall–Kier alpha value is -9.68. The van der Waals surface area contributed by atoms with Crippen LogP contribution in [0.25, 0.3) is 123 Å². The molecule has 0 radical (unpaired) electrons. The zero-order valence-electron chi connectivity index (χ0n) is 39.7. The van der Waals surface area contributed by atoms with Gasteiger partial charge in [0.05, 0.1) is 33.4 Å². The quantitative estimate of drug-likeness (QED) is 0.145. The van der Waals surface area contributed by atoms with Crippen molar-refractivity contribution in [1.82, 2.24) is 59.0 Å². The lowest BCUT2D eigenvalue weighted by Crippen LogP contribution is -2.04. The van der Waals surface area contributed by atoms with E-state index in [9.17, 15) is 0 Å². The minimum Gasteiger partial charge on any atom is -0.309 e. The van der Waals surface area contributed by atoms with Gasteiger partial charge in [-0.1, -0.05) is 97.1 Å². The Kier molecular flexibility index (Phi) is 10.1. The zero-order valence-corrected chi connectivity index (χ0v) is 39.7. The van der Waals surface area contributed by atoms with Gasteiger partial charge in [-0.15, -0.1) is 0 Å². The van der Waals surface area contributed by atoms with Crippen molar-refractivity contribution >= 4 is 43.6 Å². The first-order chi connectivity index (χ1) is 35.3. The SMILES string of the molecule is Cc1nc(C)nc(-c2ccc3c(c2)c2ccccc2n3-c2ccncc2-c2cc(-c3nc(-c4ccccc4)nc(-c4ccccc4)n3)ccc2-n2c3ccccc3c3cc(-c4nc(C)nc(C)n4)ccc32)n1. The third kappa shape index (κ3) is 7.32. The molecular formula is C60H42N12. The predicted molar refractivity (Wildman–Crippen MR) is 285 cm³/mol. The highest BCUT2D eigenvalue weighted by Crippen LogP contribution is 2.43. The molecule has 0 amide bonds. The molecular weight excluding hydrogens is 889 g/mol. The summed E-state index contributed by atoms with van der Waals surface area (Å²) in [4.78, 5) is 48.1. The molecule has 7 aromatic carbocycles. The Morgan fingerprint density at radius 1 is 0.292 bits per heavy atom. The van der Waals surface area contributed by atoms with Gasteiger partial charge in [-0.25, -0.2) is 44.9 Å². The standard InChI is InChI=1S/C60H42N12/c1-35-62-36(2)65-58(64-35)41-23-26-52-46(31-41)44-19-11-13-21-50(44)71(52)54-28-25-43(60-69-56(39-15-7-5-8-16-39)68-57(70-60)40-17-9-6-10-18-40)33-48(54)49-34-61-30-29-55(49)72-51-22-14-12-20-45(51)47-32-42(24-27-53(47)72)59-66-37(3)63-38(4)67-59/h5-34H,1-4H3. The van der Waals surface area contributed by atoms with Gasteiger partial charge in [-0.05, 0) is 100 Å². The fourth-order valence-electron chi connectivity index (χ4n) is 10.0. The molecule has 0 N–H and O–H groups in total. The van der Waals surface area contributed by atoms with Crippen molar-refractivity contribution in [3.05, 3.63) is 206 Å².